The molecule has 4 aromatic rings. The lowest BCUT2D eigenvalue weighted by Gasteiger charge is -2.29. The number of halogens is 1. The molecule has 178 valence electrons. The van der Waals surface area contributed by atoms with Crippen LogP contribution in [0, 0.1) is 0 Å². The fourth-order valence-corrected chi connectivity index (χ4v) is 5.43. The number of anilines is 2. The molecule has 0 bridgehead atoms. The molecule has 1 aliphatic rings. The van der Waals surface area contributed by atoms with Crippen molar-refractivity contribution in [1.29, 1.82) is 0 Å². The number of benzene rings is 2. The van der Waals surface area contributed by atoms with Crippen molar-refractivity contribution in [3.05, 3.63) is 108 Å². The second-order valence-electron chi connectivity index (χ2n) is 8.20. The van der Waals surface area contributed by atoms with Crippen molar-refractivity contribution >= 4 is 50.3 Å². The molecule has 0 radical (unpaired) electrons. The molecular weight excluding hydrogens is 502 g/mol. The summed E-state index contributed by atoms with van der Waals surface area (Å²) in [5, 5.41) is 4.64. The summed E-state index contributed by atoms with van der Waals surface area (Å²) in [6, 6.07) is 24.2. The number of thiocarbonyl (C=S) groups is 1. The summed E-state index contributed by atoms with van der Waals surface area (Å²) in [5.41, 5.74) is 4.09. The van der Waals surface area contributed by atoms with Crippen molar-refractivity contribution in [2.45, 2.75) is 12.1 Å². The van der Waals surface area contributed by atoms with Crippen LogP contribution in [0.1, 0.15) is 23.5 Å². The SMILES string of the molecule is CS(=O)(=O)Nc1ccc(N2C(=S)N[C@@H](c3ccccn3)[C@H]2c2cccn2-c2cccc(Cl)c2)cc1. The normalized spacial score (nSPS) is 17.9. The molecule has 5 rings (SSSR count). The monoisotopic (exact) mass is 523 g/mol. The molecule has 2 aromatic heterocycles. The van der Waals surface area contributed by atoms with Gasteiger partial charge >= 0.3 is 0 Å². The van der Waals surface area contributed by atoms with Crippen molar-refractivity contribution in [2.24, 2.45) is 0 Å². The summed E-state index contributed by atoms with van der Waals surface area (Å²) < 4.78 is 27.8. The second-order valence-corrected chi connectivity index (χ2v) is 10.8. The van der Waals surface area contributed by atoms with Crippen LogP contribution in [0.4, 0.5) is 11.4 Å². The Morgan fingerprint density at radius 1 is 1.00 bits per heavy atom. The molecule has 3 heterocycles. The summed E-state index contributed by atoms with van der Waals surface area (Å²) >= 11 is 12.1. The van der Waals surface area contributed by atoms with Crippen LogP contribution in [-0.2, 0) is 10.0 Å². The summed E-state index contributed by atoms with van der Waals surface area (Å²) in [6.07, 6.45) is 4.88. The van der Waals surface area contributed by atoms with E-state index in [1.54, 1.807) is 18.3 Å². The van der Waals surface area contributed by atoms with Crippen LogP contribution in [0.5, 0.6) is 0 Å². The maximum absolute atomic E-state index is 11.6. The van der Waals surface area contributed by atoms with Gasteiger partial charge < -0.3 is 14.8 Å². The van der Waals surface area contributed by atoms with Gasteiger partial charge in [-0.25, -0.2) is 8.42 Å². The van der Waals surface area contributed by atoms with E-state index in [0.717, 1.165) is 29.0 Å². The van der Waals surface area contributed by atoms with Gasteiger partial charge in [0.1, 0.15) is 6.04 Å². The molecule has 1 fully saturated rings. The molecule has 35 heavy (non-hydrogen) atoms. The summed E-state index contributed by atoms with van der Waals surface area (Å²) in [6.45, 7) is 0. The highest BCUT2D eigenvalue weighted by Gasteiger charge is 2.42. The summed E-state index contributed by atoms with van der Waals surface area (Å²) in [4.78, 5) is 6.64. The predicted molar refractivity (Wildman–Crippen MR) is 144 cm³/mol. The van der Waals surface area contributed by atoms with Crippen LogP contribution in [0.15, 0.2) is 91.3 Å². The number of sulfonamides is 1. The van der Waals surface area contributed by atoms with Gasteiger partial charge in [-0.2, -0.15) is 0 Å². The van der Waals surface area contributed by atoms with Gasteiger partial charge in [0.25, 0.3) is 0 Å². The van der Waals surface area contributed by atoms with Gasteiger partial charge in [0.15, 0.2) is 5.11 Å². The highest BCUT2D eigenvalue weighted by Crippen LogP contribution is 2.42. The first-order valence-electron chi connectivity index (χ1n) is 10.8. The van der Waals surface area contributed by atoms with E-state index in [-0.39, 0.29) is 12.1 Å². The van der Waals surface area contributed by atoms with E-state index >= 15 is 0 Å². The molecule has 0 amide bonds. The first-order valence-corrected chi connectivity index (χ1v) is 13.5. The highest BCUT2D eigenvalue weighted by molar-refractivity contribution is 7.92. The number of pyridine rings is 1. The minimum atomic E-state index is -3.37. The third-order valence-electron chi connectivity index (χ3n) is 5.72. The molecule has 0 saturated carbocycles. The van der Waals surface area contributed by atoms with E-state index in [0.29, 0.717) is 15.8 Å². The Balaban J connectivity index is 1.61. The fourth-order valence-electron chi connectivity index (χ4n) is 4.33. The lowest BCUT2D eigenvalue weighted by Crippen LogP contribution is -2.30. The Labute approximate surface area is 214 Å². The molecular formula is C25H22ClN5O2S2. The van der Waals surface area contributed by atoms with Crippen LogP contribution in [0.25, 0.3) is 5.69 Å². The largest absolute Gasteiger partial charge is 0.351 e. The molecule has 2 N–H and O–H groups in total. The van der Waals surface area contributed by atoms with E-state index in [4.69, 9.17) is 23.8 Å². The maximum atomic E-state index is 11.6. The van der Waals surface area contributed by atoms with Gasteiger partial charge in [-0.05, 0) is 78.9 Å². The van der Waals surface area contributed by atoms with Crippen LogP contribution in [0.3, 0.4) is 0 Å². The molecule has 0 unspecified atom stereocenters. The zero-order chi connectivity index (χ0) is 24.6. The average molecular weight is 524 g/mol. The van der Waals surface area contributed by atoms with E-state index in [9.17, 15) is 8.42 Å². The van der Waals surface area contributed by atoms with E-state index in [1.807, 2.05) is 71.8 Å². The summed E-state index contributed by atoms with van der Waals surface area (Å²) in [5.74, 6) is 0. The Morgan fingerprint density at radius 2 is 1.80 bits per heavy atom. The average Bonchev–Trinajstić information content (AvgIpc) is 3.43. The number of nitrogens with one attached hydrogen (secondary N) is 2. The van der Waals surface area contributed by atoms with Crippen molar-refractivity contribution in [2.75, 3.05) is 15.9 Å². The lowest BCUT2D eigenvalue weighted by molar-refractivity contribution is 0.549. The third-order valence-corrected chi connectivity index (χ3v) is 6.87. The first kappa shape index (κ1) is 23.3. The summed E-state index contributed by atoms with van der Waals surface area (Å²) in [7, 11) is -3.37. The molecule has 0 spiro atoms. The van der Waals surface area contributed by atoms with Gasteiger partial charge in [0.2, 0.25) is 10.0 Å². The highest BCUT2D eigenvalue weighted by atomic mass is 35.5. The number of aromatic nitrogens is 2. The van der Waals surface area contributed by atoms with Crippen molar-refractivity contribution in [3.8, 4) is 5.69 Å². The minimum absolute atomic E-state index is 0.217. The van der Waals surface area contributed by atoms with Crippen LogP contribution in [0.2, 0.25) is 5.02 Å². The standard InChI is InChI=1S/C25H22ClN5O2S2/c1-35(32,33)29-18-10-12-19(13-11-18)31-24(23(28-25(31)34)21-8-2-3-14-27-21)22-9-5-15-30(22)20-7-4-6-17(26)16-20/h2-16,23-24,29H,1H3,(H,28,34)/t23-,24+/m0/s1. The minimum Gasteiger partial charge on any atom is -0.351 e. The van der Waals surface area contributed by atoms with E-state index < -0.39 is 10.0 Å². The van der Waals surface area contributed by atoms with Gasteiger partial charge in [-0.15, -0.1) is 0 Å². The second kappa shape index (κ2) is 9.33. The molecule has 1 saturated heterocycles. The molecule has 10 heteroatoms. The predicted octanol–water partition coefficient (Wildman–Crippen LogP) is 5.07. The molecule has 7 nitrogen and oxygen atoms in total. The number of hydrogen-bond donors (Lipinski definition) is 2. The number of hydrogen-bond acceptors (Lipinski definition) is 4. The Hall–Kier alpha value is -3.40. The fraction of sp³-hybridized carbons (Fsp3) is 0.120. The van der Waals surface area contributed by atoms with Crippen LogP contribution >= 0.6 is 23.8 Å². The first-order chi connectivity index (χ1) is 16.8. The molecule has 2 atom stereocenters. The van der Waals surface area contributed by atoms with Crippen molar-refractivity contribution in [3.63, 3.8) is 0 Å². The zero-order valence-corrected chi connectivity index (χ0v) is 21.1. The van der Waals surface area contributed by atoms with Crippen molar-refractivity contribution < 1.29 is 8.42 Å². The molecule has 0 aliphatic carbocycles. The van der Waals surface area contributed by atoms with E-state index in [1.165, 1.54) is 0 Å². The van der Waals surface area contributed by atoms with Crippen molar-refractivity contribution in [1.82, 2.24) is 14.9 Å². The van der Waals surface area contributed by atoms with Gasteiger partial charge in [-0.1, -0.05) is 23.7 Å². The number of rotatable bonds is 6. The third kappa shape index (κ3) is 4.88. The molecule has 2 aromatic carbocycles. The Bertz CT molecular complexity index is 1470. The Kier molecular flexibility index (Phi) is 6.22. The van der Waals surface area contributed by atoms with Gasteiger partial charge in [0, 0.05) is 40.2 Å². The van der Waals surface area contributed by atoms with Gasteiger partial charge in [-0.3, -0.25) is 9.71 Å². The Morgan fingerprint density at radius 3 is 2.49 bits per heavy atom. The molecule has 1 aliphatic heterocycles. The smallest absolute Gasteiger partial charge is 0.229 e. The lowest BCUT2D eigenvalue weighted by atomic mass is 10.0. The quantitative estimate of drug-likeness (QED) is 0.343. The van der Waals surface area contributed by atoms with E-state index in [2.05, 4.69) is 25.7 Å². The topological polar surface area (TPSA) is 79.3 Å². The zero-order valence-electron chi connectivity index (χ0n) is 18.7. The van der Waals surface area contributed by atoms with Crippen LogP contribution in [-0.4, -0.2) is 29.3 Å². The van der Waals surface area contributed by atoms with Gasteiger partial charge in [0.05, 0.1) is 18.0 Å². The maximum Gasteiger partial charge on any atom is 0.229 e. The number of nitrogens with zero attached hydrogens (tertiary/aromatic N) is 3. The van der Waals surface area contributed by atoms with Crippen LogP contribution < -0.4 is 14.9 Å².